The summed E-state index contributed by atoms with van der Waals surface area (Å²) in [7, 11) is 0. The van der Waals surface area contributed by atoms with Crippen molar-refractivity contribution in [1.29, 1.82) is 0 Å². The third-order valence-electron chi connectivity index (χ3n) is 4.03. The maximum atomic E-state index is 12.2. The summed E-state index contributed by atoms with van der Waals surface area (Å²) in [6.45, 7) is 3.02. The summed E-state index contributed by atoms with van der Waals surface area (Å²) in [6, 6.07) is 8.37. The number of rotatable bonds is 7. The van der Waals surface area contributed by atoms with Gasteiger partial charge in [-0.3, -0.25) is 9.59 Å². The minimum Gasteiger partial charge on any atom is -0.459 e. The van der Waals surface area contributed by atoms with Crippen LogP contribution in [0.3, 0.4) is 0 Å². The fourth-order valence-electron chi connectivity index (χ4n) is 2.69. The van der Waals surface area contributed by atoms with Crippen molar-refractivity contribution >= 4 is 30.2 Å². The van der Waals surface area contributed by atoms with Crippen LogP contribution in [0, 0.1) is 5.92 Å². The van der Waals surface area contributed by atoms with Crippen LogP contribution in [0.25, 0.3) is 0 Å². The van der Waals surface area contributed by atoms with Gasteiger partial charge in [-0.25, -0.2) is 4.79 Å². The Labute approximate surface area is 159 Å². The lowest BCUT2D eigenvalue weighted by Crippen LogP contribution is -2.50. The second-order valence-electron chi connectivity index (χ2n) is 6.13. The molecule has 1 aliphatic rings. The lowest BCUT2D eigenvalue weighted by Gasteiger charge is -2.23. The minimum atomic E-state index is -0.901. The van der Waals surface area contributed by atoms with Gasteiger partial charge in [0.15, 0.2) is 0 Å². The average molecular weight is 384 g/mol. The van der Waals surface area contributed by atoms with Gasteiger partial charge >= 0.3 is 5.97 Å². The molecular weight excluding hydrogens is 358 g/mol. The third-order valence-corrected chi connectivity index (χ3v) is 4.03. The van der Waals surface area contributed by atoms with E-state index in [0.29, 0.717) is 6.54 Å². The van der Waals surface area contributed by atoms with Gasteiger partial charge in [0.05, 0.1) is 5.92 Å². The van der Waals surface area contributed by atoms with E-state index in [9.17, 15) is 14.4 Å². The molecule has 144 valence electrons. The van der Waals surface area contributed by atoms with Gasteiger partial charge in [0.2, 0.25) is 11.8 Å². The van der Waals surface area contributed by atoms with E-state index in [0.717, 1.165) is 24.9 Å². The van der Waals surface area contributed by atoms with E-state index in [1.54, 1.807) is 0 Å². The van der Waals surface area contributed by atoms with Crippen LogP contribution in [0.15, 0.2) is 30.3 Å². The second-order valence-corrected chi connectivity index (χ2v) is 6.13. The van der Waals surface area contributed by atoms with Gasteiger partial charge < -0.3 is 20.7 Å². The van der Waals surface area contributed by atoms with Gasteiger partial charge in [-0.2, -0.15) is 0 Å². The third kappa shape index (κ3) is 7.41. The Morgan fingerprint density at radius 3 is 2.62 bits per heavy atom. The summed E-state index contributed by atoms with van der Waals surface area (Å²) in [4.78, 5) is 35.8. The molecule has 2 atom stereocenters. The Morgan fingerprint density at radius 2 is 2.00 bits per heavy atom. The van der Waals surface area contributed by atoms with Crippen LogP contribution in [0.1, 0.15) is 25.3 Å². The van der Waals surface area contributed by atoms with Gasteiger partial charge in [0.25, 0.3) is 0 Å². The first-order valence-corrected chi connectivity index (χ1v) is 8.52. The molecule has 7 nitrogen and oxygen atoms in total. The number of esters is 1. The van der Waals surface area contributed by atoms with Gasteiger partial charge in [-0.05, 0) is 24.9 Å². The first kappa shape index (κ1) is 21.9. The smallest absolute Gasteiger partial charge is 0.330 e. The Kier molecular flexibility index (Phi) is 9.69. The fraction of sp³-hybridized carbons (Fsp3) is 0.500. The van der Waals surface area contributed by atoms with Crippen molar-refractivity contribution in [3.63, 3.8) is 0 Å². The Morgan fingerprint density at radius 1 is 1.27 bits per heavy atom. The molecule has 0 saturated carbocycles. The molecule has 1 fully saturated rings. The molecule has 2 rings (SSSR count). The second kappa shape index (κ2) is 11.5. The van der Waals surface area contributed by atoms with E-state index < -0.39 is 12.0 Å². The zero-order valence-corrected chi connectivity index (χ0v) is 15.6. The fourth-order valence-corrected chi connectivity index (χ4v) is 2.69. The van der Waals surface area contributed by atoms with Gasteiger partial charge in [-0.15, -0.1) is 12.4 Å². The standard InChI is InChI=1S/C18H25N3O4.ClH/c1-13(22)21-16(11-20-17(23)15-8-5-9-19-10-15)18(24)25-12-14-6-3-2-4-7-14;/h2-4,6-7,15-16,19H,5,8-12H2,1H3,(H,20,23)(H,21,22);1H/t15-,16?;/m1./s1. The highest BCUT2D eigenvalue weighted by atomic mass is 35.5. The predicted molar refractivity (Wildman–Crippen MR) is 99.7 cm³/mol. The lowest BCUT2D eigenvalue weighted by atomic mass is 9.99. The molecule has 0 aliphatic carbocycles. The van der Waals surface area contributed by atoms with E-state index in [4.69, 9.17) is 4.74 Å². The molecule has 0 aromatic heterocycles. The highest BCUT2D eigenvalue weighted by Gasteiger charge is 2.25. The monoisotopic (exact) mass is 383 g/mol. The summed E-state index contributed by atoms with van der Waals surface area (Å²) in [5.41, 5.74) is 0.856. The largest absolute Gasteiger partial charge is 0.459 e. The molecule has 1 aliphatic heterocycles. The van der Waals surface area contributed by atoms with Crippen LogP contribution in [-0.2, 0) is 25.7 Å². The van der Waals surface area contributed by atoms with Gasteiger partial charge in [0, 0.05) is 20.0 Å². The first-order chi connectivity index (χ1) is 12.1. The maximum Gasteiger partial charge on any atom is 0.330 e. The van der Waals surface area contributed by atoms with Crippen LogP contribution in [0.5, 0.6) is 0 Å². The zero-order chi connectivity index (χ0) is 18.1. The molecule has 1 aromatic carbocycles. The molecule has 1 unspecified atom stereocenters. The average Bonchev–Trinajstić information content (AvgIpc) is 2.64. The Balaban J connectivity index is 0.00000338. The number of nitrogens with one attached hydrogen (secondary N) is 3. The first-order valence-electron chi connectivity index (χ1n) is 8.52. The number of hydrogen-bond acceptors (Lipinski definition) is 5. The molecule has 0 radical (unpaired) electrons. The number of carbonyl (C=O) groups excluding carboxylic acids is 3. The van der Waals surface area contributed by atoms with Gasteiger partial charge in [-0.1, -0.05) is 30.3 Å². The molecule has 0 spiro atoms. The van der Waals surface area contributed by atoms with E-state index in [1.807, 2.05) is 30.3 Å². The van der Waals surface area contributed by atoms with E-state index in [-0.39, 0.29) is 43.3 Å². The highest BCUT2D eigenvalue weighted by Crippen LogP contribution is 2.09. The van der Waals surface area contributed by atoms with Crippen molar-refractivity contribution in [1.82, 2.24) is 16.0 Å². The van der Waals surface area contributed by atoms with Crippen LogP contribution in [-0.4, -0.2) is 43.5 Å². The molecule has 1 heterocycles. The molecule has 1 saturated heterocycles. The summed E-state index contributed by atoms with van der Waals surface area (Å²) in [6.07, 6.45) is 1.77. The predicted octanol–water partition coefficient (Wildman–Crippen LogP) is 0.772. The van der Waals surface area contributed by atoms with Crippen LogP contribution >= 0.6 is 12.4 Å². The maximum absolute atomic E-state index is 12.2. The van der Waals surface area contributed by atoms with Crippen molar-refractivity contribution in [2.45, 2.75) is 32.4 Å². The molecule has 3 N–H and O–H groups in total. The normalized spacial score (nSPS) is 17.3. The number of hydrogen-bond donors (Lipinski definition) is 3. The van der Waals surface area contributed by atoms with E-state index in [1.165, 1.54) is 6.92 Å². The van der Waals surface area contributed by atoms with Crippen LogP contribution in [0.2, 0.25) is 0 Å². The Bertz CT molecular complexity index is 591. The number of ether oxygens (including phenoxy) is 1. The van der Waals surface area contributed by atoms with Crippen molar-refractivity contribution in [2.75, 3.05) is 19.6 Å². The topological polar surface area (TPSA) is 96.5 Å². The Hall–Kier alpha value is -2.12. The number of amides is 2. The van der Waals surface area contributed by atoms with E-state index >= 15 is 0 Å². The van der Waals surface area contributed by atoms with Crippen molar-refractivity contribution in [3.05, 3.63) is 35.9 Å². The van der Waals surface area contributed by atoms with Crippen LogP contribution in [0.4, 0.5) is 0 Å². The quantitative estimate of drug-likeness (QED) is 0.604. The molecular formula is C18H26ClN3O4. The lowest BCUT2D eigenvalue weighted by molar-refractivity contribution is -0.149. The summed E-state index contributed by atoms with van der Waals surface area (Å²) >= 11 is 0. The summed E-state index contributed by atoms with van der Waals surface area (Å²) < 4.78 is 5.25. The molecule has 1 aromatic rings. The minimum absolute atomic E-state index is 0. The molecule has 26 heavy (non-hydrogen) atoms. The summed E-state index contributed by atoms with van der Waals surface area (Å²) in [5.74, 6) is -1.14. The molecule has 0 bridgehead atoms. The number of piperidine rings is 1. The van der Waals surface area contributed by atoms with Crippen molar-refractivity contribution in [2.24, 2.45) is 5.92 Å². The number of benzene rings is 1. The highest BCUT2D eigenvalue weighted by molar-refractivity contribution is 5.85. The zero-order valence-electron chi connectivity index (χ0n) is 14.8. The van der Waals surface area contributed by atoms with Crippen LogP contribution < -0.4 is 16.0 Å². The van der Waals surface area contributed by atoms with Crippen molar-refractivity contribution < 1.29 is 19.1 Å². The molecule has 2 amide bonds. The van der Waals surface area contributed by atoms with E-state index in [2.05, 4.69) is 16.0 Å². The SMILES string of the molecule is CC(=O)NC(CNC(=O)[C@@H]1CCCNC1)C(=O)OCc1ccccc1.Cl. The van der Waals surface area contributed by atoms with Crippen molar-refractivity contribution in [3.8, 4) is 0 Å². The summed E-state index contributed by atoms with van der Waals surface area (Å²) in [5, 5.41) is 8.45. The van der Waals surface area contributed by atoms with Gasteiger partial charge in [0.1, 0.15) is 12.6 Å². The number of halogens is 1. The molecule has 8 heteroatoms. The number of carbonyl (C=O) groups is 3.